The van der Waals surface area contributed by atoms with E-state index in [2.05, 4.69) is 9.97 Å². The van der Waals surface area contributed by atoms with Crippen molar-refractivity contribution in [3.05, 3.63) is 23.9 Å². The molecule has 4 nitrogen and oxygen atoms in total. The van der Waals surface area contributed by atoms with E-state index in [0.717, 1.165) is 48.6 Å². The third-order valence-corrected chi connectivity index (χ3v) is 4.74. The molecule has 1 aromatic carbocycles. The monoisotopic (exact) mass is 312 g/mol. The van der Waals surface area contributed by atoms with Gasteiger partial charge in [-0.1, -0.05) is 32.1 Å². The van der Waals surface area contributed by atoms with Crippen molar-refractivity contribution in [3.63, 3.8) is 0 Å². The number of aromatic nitrogens is 2. The molecule has 4 rings (SSSR count). The first-order valence-electron chi connectivity index (χ1n) is 8.94. The molecule has 2 saturated carbocycles. The highest BCUT2D eigenvalue weighted by molar-refractivity contribution is 5.76. The van der Waals surface area contributed by atoms with Crippen molar-refractivity contribution in [2.45, 2.75) is 63.9 Å². The first-order valence-corrected chi connectivity index (χ1v) is 8.94. The first-order chi connectivity index (χ1) is 11.3. The quantitative estimate of drug-likeness (QED) is 0.734. The van der Waals surface area contributed by atoms with Crippen molar-refractivity contribution in [2.24, 2.45) is 5.92 Å². The minimum atomic E-state index is 0.0725. The average molecular weight is 312 g/mol. The lowest BCUT2D eigenvalue weighted by Gasteiger charge is -2.08. The Bertz CT molecular complexity index is 693. The molecule has 0 spiro atoms. The van der Waals surface area contributed by atoms with Crippen molar-refractivity contribution >= 4 is 11.0 Å². The van der Waals surface area contributed by atoms with Gasteiger partial charge in [-0.15, -0.1) is 0 Å². The fourth-order valence-electron chi connectivity index (χ4n) is 2.99. The van der Waals surface area contributed by atoms with Gasteiger partial charge in [0, 0.05) is 6.07 Å². The van der Waals surface area contributed by atoms with Gasteiger partial charge in [-0.25, -0.2) is 9.97 Å². The number of unbranched alkanes of at least 4 members (excludes halogenated alkanes) is 2. The van der Waals surface area contributed by atoms with Gasteiger partial charge in [-0.2, -0.15) is 0 Å². The number of hydrogen-bond donors (Lipinski definition) is 1. The second-order valence-electron chi connectivity index (χ2n) is 7.00. The molecule has 0 saturated heterocycles. The van der Waals surface area contributed by atoms with Crippen LogP contribution in [0.1, 0.15) is 57.1 Å². The number of aromatic hydroxyl groups is 1. The van der Waals surface area contributed by atoms with Gasteiger partial charge < -0.3 is 9.84 Å². The van der Waals surface area contributed by atoms with Gasteiger partial charge >= 0.3 is 0 Å². The predicted molar refractivity (Wildman–Crippen MR) is 89.7 cm³/mol. The summed E-state index contributed by atoms with van der Waals surface area (Å²) in [6, 6.07) is 5.77. The Morgan fingerprint density at radius 1 is 1.00 bits per heavy atom. The predicted octanol–water partition coefficient (Wildman–Crippen LogP) is 4.39. The molecule has 2 fully saturated rings. The fraction of sp³-hybridized carbons (Fsp3) is 0.579. The molecule has 2 aliphatic rings. The molecule has 0 aliphatic heterocycles. The van der Waals surface area contributed by atoms with E-state index < -0.39 is 0 Å². The van der Waals surface area contributed by atoms with Gasteiger partial charge in [0.25, 0.3) is 0 Å². The van der Waals surface area contributed by atoms with Gasteiger partial charge in [-0.05, 0) is 43.7 Å². The van der Waals surface area contributed by atoms with Crippen LogP contribution in [0.3, 0.4) is 0 Å². The Hall–Kier alpha value is -1.84. The van der Waals surface area contributed by atoms with Crippen molar-refractivity contribution in [1.82, 2.24) is 9.97 Å². The first kappa shape index (κ1) is 14.7. The van der Waals surface area contributed by atoms with Crippen LogP contribution in [0.5, 0.6) is 11.6 Å². The lowest BCUT2D eigenvalue weighted by Crippen LogP contribution is -1.98. The summed E-state index contributed by atoms with van der Waals surface area (Å²) in [7, 11) is 0. The third kappa shape index (κ3) is 3.92. The van der Waals surface area contributed by atoms with Crippen LogP contribution in [0.15, 0.2) is 18.2 Å². The molecule has 0 amide bonds. The van der Waals surface area contributed by atoms with Crippen LogP contribution in [-0.2, 0) is 6.42 Å². The average Bonchev–Trinajstić information content (AvgIpc) is 3.42. The molecule has 4 heteroatoms. The molecule has 0 bridgehead atoms. The summed E-state index contributed by atoms with van der Waals surface area (Å²) in [4.78, 5) is 8.90. The highest BCUT2D eigenvalue weighted by Gasteiger charge is 2.23. The second-order valence-corrected chi connectivity index (χ2v) is 7.00. The SMILES string of the molecule is Oc1nc2cc(OC3CC3)ccc2nc1CCCCCC1CC1. The lowest BCUT2D eigenvalue weighted by molar-refractivity contribution is 0.303. The standard InChI is InChI=1S/C19H24N2O2/c22-19-17(5-3-1-2-4-13-6-7-13)20-16-11-10-15(12-18(16)21-19)23-14-8-9-14/h10-14H,1-9H2,(H,21,22). The summed E-state index contributed by atoms with van der Waals surface area (Å²) in [6.07, 6.45) is 11.3. The molecule has 0 atom stereocenters. The summed E-state index contributed by atoms with van der Waals surface area (Å²) in [5.41, 5.74) is 2.26. The number of fused-ring (bicyclic) bond motifs is 1. The van der Waals surface area contributed by atoms with Gasteiger partial charge in [-0.3, -0.25) is 0 Å². The van der Waals surface area contributed by atoms with Crippen molar-refractivity contribution in [2.75, 3.05) is 0 Å². The smallest absolute Gasteiger partial charge is 0.233 e. The number of aryl methyl sites for hydroxylation is 1. The normalized spacial score (nSPS) is 17.6. The zero-order chi connectivity index (χ0) is 15.6. The molecule has 0 unspecified atom stereocenters. The van der Waals surface area contributed by atoms with Gasteiger partial charge in [0.15, 0.2) is 0 Å². The van der Waals surface area contributed by atoms with E-state index in [1.54, 1.807) is 0 Å². The third-order valence-electron chi connectivity index (χ3n) is 4.74. The van der Waals surface area contributed by atoms with Crippen molar-refractivity contribution in [1.29, 1.82) is 0 Å². The Kier molecular flexibility index (Phi) is 4.06. The number of nitrogens with zero attached hydrogens (tertiary/aromatic N) is 2. The van der Waals surface area contributed by atoms with Crippen LogP contribution < -0.4 is 4.74 Å². The van der Waals surface area contributed by atoms with Crippen LogP contribution in [0.4, 0.5) is 0 Å². The van der Waals surface area contributed by atoms with Crippen LogP contribution in [0, 0.1) is 5.92 Å². The van der Waals surface area contributed by atoms with Gasteiger partial charge in [0.1, 0.15) is 11.4 Å². The van der Waals surface area contributed by atoms with E-state index in [1.165, 1.54) is 32.1 Å². The van der Waals surface area contributed by atoms with Crippen LogP contribution >= 0.6 is 0 Å². The van der Waals surface area contributed by atoms with E-state index in [9.17, 15) is 5.11 Å². The Balaban J connectivity index is 1.39. The highest BCUT2D eigenvalue weighted by Crippen LogP contribution is 2.34. The van der Waals surface area contributed by atoms with Crippen LogP contribution in [0.2, 0.25) is 0 Å². The zero-order valence-electron chi connectivity index (χ0n) is 13.5. The van der Waals surface area contributed by atoms with E-state index in [-0.39, 0.29) is 5.88 Å². The Labute approximate surface area is 136 Å². The van der Waals surface area contributed by atoms with E-state index in [4.69, 9.17) is 4.74 Å². The molecule has 2 aliphatic carbocycles. The van der Waals surface area contributed by atoms with Gasteiger partial charge in [0.2, 0.25) is 5.88 Å². The maximum atomic E-state index is 10.1. The maximum absolute atomic E-state index is 10.1. The van der Waals surface area contributed by atoms with Gasteiger partial charge in [0.05, 0.1) is 17.1 Å². The maximum Gasteiger partial charge on any atom is 0.233 e. The molecular weight excluding hydrogens is 288 g/mol. The van der Waals surface area contributed by atoms with Crippen molar-refractivity contribution in [3.8, 4) is 11.6 Å². The lowest BCUT2D eigenvalue weighted by atomic mass is 10.1. The largest absolute Gasteiger partial charge is 0.492 e. The topological polar surface area (TPSA) is 55.2 Å². The van der Waals surface area contributed by atoms with E-state index in [0.29, 0.717) is 11.6 Å². The minimum absolute atomic E-state index is 0.0725. The summed E-state index contributed by atoms with van der Waals surface area (Å²) >= 11 is 0. The number of hydrogen-bond acceptors (Lipinski definition) is 4. The zero-order valence-corrected chi connectivity index (χ0v) is 13.5. The second kappa shape index (κ2) is 6.34. The van der Waals surface area contributed by atoms with Crippen LogP contribution in [-0.4, -0.2) is 21.2 Å². The molecule has 1 N–H and O–H groups in total. The molecular formula is C19H24N2O2. The highest BCUT2D eigenvalue weighted by atomic mass is 16.5. The van der Waals surface area contributed by atoms with Crippen molar-refractivity contribution < 1.29 is 9.84 Å². The molecule has 0 radical (unpaired) electrons. The summed E-state index contributed by atoms with van der Waals surface area (Å²) < 4.78 is 5.77. The summed E-state index contributed by atoms with van der Waals surface area (Å²) in [6.45, 7) is 0. The molecule has 122 valence electrons. The number of ether oxygens (including phenoxy) is 1. The van der Waals surface area contributed by atoms with Crippen LogP contribution in [0.25, 0.3) is 11.0 Å². The summed E-state index contributed by atoms with van der Waals surface area (Å²) in [5.74, 6) is 1.90. The van der Waals surface area contributed by atoms with E-state index >= 15 is 0 Å². The Morgan fingerprint density at radius 3 is 2.65 bits per heavy atom. The number of benzene rings is 1. The molecule has 2 aromatic rings. The molecule has 1 heterocycles. The van der Waals surface area contributed by atoms with E-state index in [1.807, 2.05) is 18.2 Å². The minimum Gasteiger partial charge on any atom is -0.492 e. The Morgan fingerprint density at radius 2 is 1.87 bits per heavy atom. The molecule has 1 aromatic heterocycles. The fourth-order valence-corrected chi connectivity index (χ4v) is 2.99. The summed E-state index contributed by atoms with van der Waals surface area (Å²) in [5, 5.41) is 10.1. The number of rotatable bonds is 8. The molecule has 23 heavy (non-hydrogen) atoms.